The highest BCUT2D eigenvalue weighted by molar-refractivity contribution is 7.88. The Morgan fingerprint density at radius 3 is 2.48 bits per heavy atom. The number of nitrogens with one attached hydrogen (secondary N) is 1. The molecule has 0 spiro atoms. The molecule has 25 heavy (non-hydrogen) atoms. The average Bonchev–Trinajstić information content (AvgIpc) is 3.07. The second kappa shape index (κ2) is 8.53. The van der Waals surface area contributed by atoms with Gasteiger partial charge in [0.2, 0.25) is 15.9 Å². The maximum absolute atomic E-state index is 12.3. The third-order valence-electron chi connectivity index (χ3n) is 4.40. The third kappa shape index (κ3) is 5.34. The summed E-state index contributed by atoms with van der Waals surface area (Å²) in [5.41, 5.74) is 0.499. The SMILES string of the molecule is COc1ccc(OC)c(NC(=O)CCN(C2CCCC2)S(C)(=O)=O)c1. The lowest BCUT2D eigenvalue weighted by molar-refractivity contribution is -0.116. The Bertz CT molecular complexity index is 699. The molecule has 1 aliphatic carbocycles. The number of carbonyl (C=O) groups excluding carboxylic acids is 1. The van der Waals surface area contributed by atoms with E-state index in [-0.39, 0.29) is 24.9 Å². The molecule has 7 nitrogen and oxygen atoms in total. The number of ether oxygens (including phenoxy) is 2. The Labute approximate surface area is 149 Å². The van der Waals surface area contributed by atoms with Crippen LogP contribution in [0.25, 0.3) is 0 Å². The third-order valence-corrected chi connectivity index (χ3v) is 5.73. The number of hydrogen-bond donors (Lipinski definition) is 1. The van der Waals surface area contributed by atoms with Crippen molar-refractivity contribution in [2.24, 2.45) is 0 Å². The number of anilines is 1. The lowest BCUT2D eigenvalue weighted by atomic mass is 10.2. The van der Waals surface area contributed by atoms with Crippen molar-refractivity contribution in [1.82, 2.24) is 4.31 Å². The van der Waals surface area contributed by atoms with Crippen LogP contribution in [0.4, 0.5) is 5.69 Å². The molecule has 1 fully saturated rings. The summed E-state index contributed by atoms with van der Waals surface area (Å²) in [4.78, 5) is 12.3. The fraction of sp³-hybridized carbons (Fsp3) is 0.588. The van der Waals surface area contributed by atoms with Gasteiger partial charge in [-0.05, 0) is 25.0 Å². The first-order valence-corrected chi connectivity index (χ1v) is 10.2. The van der Waals surface area contributed by atoms with Crippen molar-refractivity contribution in [2.45, 2.75) is 38.1 Å². The van der Waals surface area contributed by atoms with E-state index >= 15 is 0 Å². The summed E-state index contributed by atoms with van der Waals surface area (Å²) in [5, 5.41) is 2.77. The van der Waals surface area contributed by atoms with E-state index in [2.05, 4.69) is 5.32 Å². The van der Waals surface area contributed by atoms with Crippen LogP contribution >= 0.6 is 0 Å². The van der Waals surface area contributed by atoms with Gasteiger partial charge in [-0.2, -0.15) is 4.31 Å². The largest absolute Gasteiger partial charge is 0.497 e. The van der Waals surface area contributed by atoms with Crippen molar-refractivity contribution in [3.63, 3.8) is 0 Å². The van der Waals surface area contributed by atoms with Crippen LogP contribution < -0.4 is 14.8 Å². The number of hydrogen-bond acceptors (Lipinski definition) is 5. The molecule has 0 radical (unpaired) electrons. The zero-order valence-electron chi connectivity index (χ0n) is 14.9. The Kier molecular flexibility index (Phi) is 6.66. The van der Waals surface area contributed by atoms with Crippen LogP contribution in [-0.2, 0) is 14.8 Å². The zero-order valence-corrected chi connectivity index (χ0v) is 15.8. The summed E-state index contributed by atoms with van der Waals surface area (Å²) >= 11 is 0. The summed E-state index contributed by atoms with van der Waals surface area (Å²) in [7, 11) is -0.274. The van der Waals surface area contributed by atoms with Crippen molar-refractivity contribution in [3.8, 4) is 11.5 Å². The minimum atomic E-state index is -3.33. The molecule has 1 aromatic carbocycles. The molecular formula is C17H26N2O5S. The molecular weight excluding hydrogens is 344 g/mol. The second-order valence-corrected chi connectivity index (χ2v) is 8.11. The second-order valence-electron chi connectivity index (χ2n) is 6.18. The van der Waals surface area contributed by atoms with Crippen LogP contribution in [0.5, 0.6) is 11.5 Å². The molecule has 0 bridgehead atoms. The Morgan fingerprint density at radius 2 is 1.92 bits per heavy atom. The molecule has 0 heterocycles. The van der Waals surface area contributed by atoms with Crippen LogP contribution in [-0.4, -0.2) is 51.7 Å². The highest BCUT2D eigenvalue weighted by atomic mass is 32.2. The molecule has 0 aromatic heterocycles. The Morgan fingerprint density at radius 1 is 1.24 bits per heavy atom. The van der Waals surface area contributed by atoms with E-state index in [1.807, 2.05) is 0 Å². The summed E-state index contributed by atoms with van der Waals surface area (Å²) in [6, 6.07) is 5.12. The molecule has 2 rings (SSSR count). The smallest absolute Gasteiger partial charge is 0.225 e. The molecule has 0 atom stereocenters. The average molecular weight is 370 g/mol. The molecule has 1 N–H and O–H groups in total. The van der Waals surface area contributed by atoms with Crippen LogP contribution in [0.3, 0.4) is 0 Å². The summed E-state index contributed by atoms with van der Waals surface area (Å²) in [6.45, 7) is 0.182. The monoisotopic (exact) mass is 370 g/mol. The highest BCUT2D eigenvalue weighted by Crippen LogP contribution is 2.29. The number of carbonyl (C=O) groups is 1. The van der Waals surface area contributed by atoms with Crippen LogP contribution in [0.15, 0.2) is 18.2 Å². The lowest BCUT2D eigenvalue weighted by Gasteiger charge is -2.26. The van der Waals surface area contributed by atoms with Crippen molar-refractivity contribution < 1.29 is 22.7 Å². The minimum Gasteiger partial charge on any atom is -0.497 e. The standard InChI is InChI=1S/C17H26N2O5S/c1-23-14-8-9-16(24-2)15(12-14)18-17(20)10-11-19(25(3,21)22)13-6-4-5-7-13/h8-9,12-13H,4-7,10-11H2,1-3H3,(H,18,20). The van der Waals surface area contributed by atoms with E-state index in [0.29, 0.717) is 17.2 Å². The van der Waals surface area contributed by atoms with Gasteiger partial charge in [0.1, 0.15) is 11.5 Å². The van der Waals surface area contributed by atoms with Crippen molar-refractivity contribution >= 4 is 21.6 Å². The maximum Gasteiger partial charge on any atom is 0.225 e. The van der Waals surface area contributed by atoms with Crippen LogP contribution in [0, 0.1) is 0 Å². The molecule has 1 amide bonds. The first-order chi connectivity index (χ1) is 11.8. The summed E-state index contributed by atoms with van der Waals surface area (Å²) < 4.78 is 35.9. The van der Waals surface area contributed by atoms with Gasteiger partial charge in [-0.3, -0.25) is 4.79 Å². The van der Waals surface area contributed by atoms with E-state index in [1.54, 1.807) is 25.3 Å². The van der Waals surface area contributed by atoms with Gasteiger partial charge in [-0.15, -0.1) is 0 Å². The van der Waals surface area contributed by atoms with Gasteiger partial charge in [0.05, 0.1) is 26.2 Å². The van der Waals surface area contributed by atoms with Crippen LogP contribution in [0.2, 0.25) is 0 Å². The Balaban J connectivity index is 2.01. The van der Waals surface area contributed by atoms with Crippen molar-refractivity contribution in [2.75, 3.05) is 32.3 Å². The first-order valence-electron chi connectivity index (χ1n) is 8.34. The molecule has 0 saturated heterocycles. The van der Waals surface area contributed by atoms with Gasteiger partial charge in [0.15, 0.2) is 0 Å². The van der Waals surface area contributed by atoms with Gasteiger partial charge in [0.25, 0.3) is 0 Å². The number of rotatable bonds is 8. The molecule has 1 aliphatic rings. The van der Waals surface area contributed by atoms with E-state index in [0.717, 1.165) is 25.7 Å². The summed E-state index contributed by atoms with van der Waals surface area (Å²) in [6.07, 6.45) is 5.07. The molecule has 1 aromatic rings. The van der Waals surface area contributed by atoms with Crippen molar-refractivity contribution in [1.29, 1.82) is 0 Å². The number of benzene rings is 1. The lowest BCUT2D eigenvalue weighted by Crippen LogP contribution is -2.39. The van der Waals surface area contributed by atoms with E-state index in [1.165, 1.54) is 17.7 Å². The zero-order chi connectivity index (χ0) is 18.4. The molecule has 0 aliphatic heterocycles. The van der Waals surface area contributed by atoms with Crippen LogP contribution in [0.1, 0.15) is 32.1 Å². The topological polar surface area (TPSA) is 84.9 Å². The fourth-order valence-electron chi connectivity index (χ4n) is 3.15. The molecule has 140 valence electrons. The fourth-order valence-corrected chi connectivity index (χ4v) is 4.32. The van der Waals surface area contributed by atoms with Gasteiger partial charge in [-0.1, -0.05) is 12.8 Å². The predicted molar refractivity (Wildman–Crippen MR) is 96.6 cm³/mol. The molecule has 1 saturated carbocycles. The molecule has 8 heteroatoms. The highest BCUT2D eigenvalue weighted by Gasteiger charge is 2.29. The minimum absolute atomic E-state index is 0.00848. The van der Waals surface area contributed by atoms with Crippen molar-refractivity contribution in [3.05, 3.63) is 18.2 Å². The van der Waals surface area contributed by atoms with E-state index in [9.17, 15) is 13.2 Å². The number of amides is 1. The van der Waals surface area contributed by atoms with Gasteiger partial charge >= 0.3 is 0 Å². The van der Waals surface area contributed by atoms with E-state index < -0.39 is 10.0 Å². The summed E-state index contributed by atoms with van der Waals surface area (Å²) in [5.74, 6) is 0.850. The number of sulfonamides is 1. The van der Waals surface area contributed by atoms with Gasteiger partial charge < -0.3 is 14.8 Å². The predicted octanol–water partition coefficient (Wildman–Crippen LogP) is 2.24. The van der Waals surface area contributed by atoms with Gasteiger partial charge in [0, 0.05) is 25.1 Å². The van der Waals surface area contributed by atoms with Gasteiger partial charge in [-0.25, -0.2) is 8.42 Å². The normalized spacial score (nSPS) is 15.4. The number of methoxy groups -OCH3 is 2. The molecule has 0 unspecified atom stereocenters. The quantitative estimate of drug-likeness (QED) is 0.758. The van der Waals surface area contributed by atoms with E-state index in [4.69, 9.17) is 9.47 Å². The number of nitrogens with zero attached hydrogens (tertiary/aromatic N) is 1. The first kappa shape index (κ1) is 19.5. The maximum atomic E-state index is 12.3. The Hall–Kier alpha value is -1.80.